The summed E-state index contributed by atoms with van der Waals surface area (Å²) in [6.45, 7) is 1.90. The predicted molar refractivity (Wildman–Crippen MR) is 51.6 cm³/mol. The number of furan rings is 1. The molecule has 0 saturated carbocycles. The van der Waals surface area contributed by atoms with Gasteiger partial charge in [-0.2, -0.15) is 0 Å². The van der Waals surface area contributed by atoms with Crippen molar-refractivity contribution in [3.8, 4) is 0 Å². The minimum absolute atomic E-state index is 0.0442. The summed E-state index contributed by atoms with van der Waals surface area (Å²) in [5.41, 5.74) is 0. The van der Waals surface area contributed by atoms with Gasteiger partial charge in [-0.15, -0.1) is 0 Å². The number of nitrogens with one attached hydrogen (secondary N) is 1. The van der Waals surface area contributed by atoms with E-state index in [0.29, 0.717) is 12.8 Å². The number of carbonyl (C=O) groups excluding carboxylic acids is 1. The molecule has 4 nitrogen and oxygen atoms in total. The second-order valence-electron chi connectivity index (χ2n) is 3.13. The lowest BCUT2D eigenvalue weighted by Gasteiger charge is -2.10. The molecule has 2 N–H and O–H groups in total. The van der Waals surface area contributed by atoms with Gasteiger partial charge in [-0.3, -0.25) is 4.79 Å². The lowest BCUT2D eigenvalue weighted by molar-refractivity contribution is -0.122. The quantitative estimate of drug-likeness (QED) is 0.746. The molecular weight excluding hydrogens is 182 g/mol. The van der Waals surface area contributed by atoms with Gasteiger partial charge in [-0.1, -0.05) is 0 Å². The van der Waals surface area contributed by atoms with E-state index in [1.54, 1.807) is 12.3 Å². The van der Waals surface area contributed by atoms with E-state index in [4.69, 9.17) is 9.52 Å². The van der Waals surface area contributed by atoms with Crippen LogP contribution >= 0.6 is 0 Å². The molecule has 0 bridgehead atoms. The van der Waals surface area contributed by atoms with Crippen molar-refractivity contribution in [3.05, 3.63) is 24.2 Å². The highest BCUT2D eigenvalue weighted by Gasteiger charge is 2.10. The third-order valence-electron chi connectivity index (χ3n) is 1.91. The molecule has 0 aliphatic heterocycles. The number of aliphatic hydroxyl groups is 1. The maximum absolute atomic E-state index is 11.2. The molecule has 78 valence electrons. The van der Waals surface area contributed by atoms with Crippen molar-refractivity contribution in [2.75, 3.05) is 6.61 Å². The van der Waals surface area contributed by atoms with Gasteiger partial charge in [0.1, 0.15) is 5.76 Å². The zero-order valence-electron chi connectivity index (χ0n) is 8.19. The van der Waals surface area contributed by atoms with Crippen LogP contribution in [0.15, 0.2) is 22.8 Å². The third kappa shape index (κ3) is 3.22. The Labute approximate surface area is 82.9 Å². The van der Waals surface area contributed by atoms with Crippen molar-refractivity contribution in [1.82, 2.24) is 5.32 Å². The van der Waals surface area contributed by atoms with Crippen LogP contribution in [-0.4, -0.2) is 17.6 Å². The summed E-state index contributed by atoms with van der Waals surface area (Å²) in [7, 11) is 0. The Morgan fingerprint density at radius 1 is 1.71 bits per heavy atom. The minimum Gasteiger partial charge on any atom is -0.467 e. The lowest BCUT2D eigenvalue weighted by Crippen LogP contribution is -2.26. The number of aliphatic hydroxyl groups excluding tert-OH is 1. The first-order valence-corrected chi connectivity index (χ1v) is 4.67. The number of hydrogen-bond acceptors (Lipinski definition) is 3. The standard InChI is InChI=1S/C10H15NO3/c1-8(9-4-3-7-14-9)11-10(13)5-2-6-12/h3-4,7-8,12H,2,5-6H2,1H3,(H,11,13). The van der Waals surface area contributed by atoms with Gasteiger partial charge in [0.2, 0.25) is 5.91 Å². The fraction of sp³-hybridized carbons (Fsp3) is 0.500. The summed E-state index contributed by atoms with van der Waals surface area (Å²) in [5, 5.41) is 11.3. The van der Waals surface area contributed by atoms with Crippen LogP contribution in [0.5, 0.6) is 0 Å². The van der Waals surface area contributed by atoms with Crippen molar-refractivity contribution in [2.45, 2.75) is 25.8 Å². The third-order valence-corrected chi connectivity index (χ3v) is 1.91. The second-order valence-corrected chi connectivity index (χ2v) is 3.13. The van der Waals surface area contributed by atoms with E-state index in [9.17, 15) is 4.79 Å². The summed E-state index contributed by atoms with van der Waals surface area (Å²) in [4.78, 5) is 11.2. The van der Waals surface area contributed by atoms with Gasteiger partial charge in [-0.05, 0) is 25.5 Å². The Hall–Kier alpha value is -1.29. The molecule has 1 rings (SSSR count). The van der Waals surface area contributed by atoms with Crippen LogP contribution in [-0.2, 0) is 4.79 Å². The van der Waals surface area contributed by atoms with Gasteiger partial charge in [0.15, 0.2) is 0 Å². The van der Waals surface area contributed by atoms with Crippen LogP contribution in [0, 0.1) is 0 Å². The fourth-order valence-electron chi connectivity index (χ4n) is 1.16. The Bertz CT molecular complexity index is 269. The number of amides is 1. The normalized spacial score (nSPS) is 12.4. The molecule has 0 spiro atoms. The molecular formula is C10H15NO3. The molecule has 1 aromatic rings. The topological polar surface area (TPSA) is 62.5 Å². The van der Waals surface area contributed by atoms with Crippen LogP contribution in [0.25, 0.3) is 0 Å². The van der Waals surface area contributed by atoms with Crippen molar-refractivity contribution < 1.29 is 14.3 Å². The van der Waals surface area contributed by atoms with E-state index in [1.165, 1.54) is 0 Å². The molecule has 14 heavy (non-hydrogen) atoms. The first-order valence-electron chi connectivity index (χ1n) is 4.67. The summed E-state index contributed by atoms with van der Waals surface area (Å²) >= 11 is 0. The fourth-order valence-corrected chi connectivity index (χ4v) is 1.16. The average Bonchev–Trinajstić information content (AvgIpc) is 2.67. The van der Waals surface area contributed by atoms with E-state index in [-0.39, 0.29) is 18.6 Å². The van der Waals surface area contributed by atoms with Crippen molar-refractivity contribution in [3.63, 3.8) is 0 Å². The minimum atomic E-state index is -0.115. The SMILES string of the molecule is CC(NC(=O)CCCO)c1ccco1. The van der Waals surface area contributed by atoms with Crippen molar-refractivity contribution >= 4 is 5.91 Å². The van der Waals surface area contributed by atoms with Crippen LogP contribution in [0.3, 0.4) is 0 Å². The lowest BCUT2D eigenvalue weighted by atomic mass is 10.2. The first-order chi connectivity index (χ1) is 6.74. The highest BCUT2D eigenvalue weighted by atomic mass is 16.3. The molecule has 1 unspecified atom stereocenters. The number of carbonyl (C=O) groups is 1. The van der Waals surface area contributed by atoms with E-state index < -0.39 is 0 Å². The van der Waals surface area contributed by atoms with Gasteiger partial charge >= 0.3 is 0 Å². The molecule has 0 fully saturated rings. The van der Waals surface area contributed by atoms with Crippen LogP contribution in [0.4, 0.5) is 0 Å². The summed E-state index contributed by atoms with van der Waals surface area (Å²) in [6.07, 6.45) is 2.42. The zero-order chi connectivity index (χ0) is 10.4. The van der Waals surface area contributed by atoms with Crippen LogP contribution in [0.2, 0.25) is 0 Å². The highest BCUT2D eigenvalue weighted by Crippen LogP contribution is 2.12. The van der Waals surface area contributed by atoms with E-state index in [0.717, 1.165) is 5.76 Å². The number of hydrogen-bond donors (Lipinski definition) is 2. The molecule has 1 heterocycles. The number of rotatable bonds is 5. The Balaban J connectivity index is 2.33. The van der Waals surface area contributed by atoms with Crippen LogP contribution in [0.1, 0.15) is 31.6 Å². The van der Waals surface area contributed by atoms with Gasteiger partial charge in [0.05, 0.1) is 12.3 Å². The van der Waals surface area contributed by atoms with Crippen molar-refractivity contribution in [1.29, 1.82) is 0 Å². The molecule has 0 saturated heterocycles. The molecule has 1 aromatic heterocycles. The zero-order valence-corrected chi connectivity index (χ0v) is 8.19. The summed E-state index contributed by atoms with van der Waals surface area (Å²) < 4.78 is 5.14. The predicted octanol–water partition coefficient (Wildman–Crippen LogP) is 1.23. The molecule has 0 aliphatic rings. The van der Waals surface area contributed by atoms with E-state index >= 15 is 0 Å². The Morgan fingerprint density at radius 2 is 2.50 bits per heavy atom. The summed E-state index contributed by atoms with van der Waals surface area (Å²) in [6, 6.07) is 3.49. The highest BCUT2D eigenvalue weighted by molar-refractivity contribution is 5.76. The molecule has 0 aromatic carbocycles. The average molecular weight is 197 g/mol. The monoisotopic (exact) mass is 197 g/mol. The van der Waals surface area contributed by atoms with Gasteiger partial charge in [0, 0.05) is 13.0 Å². The first kappa shape index (κ1) is 10.8. The van der Waals surface area contributed by atoms with E-state index in [1.807, 2.05) is 13.0 Å². The second kappa shape index (κ2) is 5.44. The molecule has 1 amide bonds. The Morgan fingerprint density at radius 3 is 3.07 bits per heavy atom. The molecule has 1 atom stereocenters. The van der Waals surface area contributed by atoms with Gasteiger partial charge in [0.25, 0.3) is 0 Å². The Kier molecular flexibility index (Phi) is 4.19. The van der Waals surface area contributed by atoms with Gasteiger partial charge in [-0.25, -0.2) is 0 Å². The van der Waals surface area contributed by atoms with Crippen molar-refractivity contribution in [2.24, 2.45) is 0 Å². The molecule has 4 heteroatoms. The van der Waals surface area contributed by atoms with Crippen LogP contribution < -0.4 is 5.32 Å². The van der Waals surface area contributed by atoms with E-state index in [2.05, 4.69) is 5.32 Å². The summed E-state index contributed by atoms with van der Waals surface area (Å²) in [5.74, 6) is 0.672. The maximum atomic E-state index is 11.2. The molecule has 0 aliphatic carbocycles. The molecule has 0 radical (unpaired) electrons. The van der Waals surface area contributed by atoms with Gasteiger partial charge < -0.3 is 14.8 Å². The maximum Gasteiger partial charge on any atom is 0.220 e. The largest absolute Gasteiger partial charge is 0.467 e. The smallest absolute Gasteiger partial charge is 0.220 e.